The van der Waals surface area contributed by atoms with Crippen LogP contribution in [0.4, 0.5) is 0 Å². The molecule has 0 bridgehead atoms. The predicted octanol–water partition coefficient (Wildman–Crippen LogP) is 3.83. The summed E-state index contributed by atoms with van der Waals surface area (Å²) < 4.78 is 0. The molecule has 4 rings (SSSR count). The molecular formula is C21H27ClN2O2S. The molecule has 146 valence electrons. The minimum atomic E-state index is -0.207. The van der Waals surface area contributed by atoms with Gasteiger partial charge in [0.05, 0.1) is 12.0 Å². The van der Waals surface area contributed by atoms with Crippen LogP contribution in [0.15, 0.2) is 18.2 Å². The molecule has 1 aromatic rings. The number of thioether (sulfide) groups is 1. The van der Waals surface area contributed by atoms with E-state index in [-0.39, 0.29) is 23.7 Å². The van der Waals surface area contributed by atoms with Gasteiger partial charge in [-0.2, -0.15) is 11.8 Å². The molecule has 2 heterocycles. The smallest absolute Gasteiger partial charge is 0.230 e. The topological polar surface area (TPSA) is 40.6 Å². The van der Waals surface area contributed by atoms with E-state index in [9.17, 15) is 9.59 Å². The van der Waals surface area contributed by atoms with E-state index in [0.717, 1.165) is 43.2 Å². The summed E-state index contributed by atoms with van der Waals surface area (Å²) in [4.78, 5) is 30.5. The van der Waals surface area contributed by atoms with Crippen molar-refractivity contribution >= 4 is 35.1 Å². The third kappa shape index (κ3) is 4.20. The minimum absolute atomic E-state index is 0.107. The van der Waals surface area contributed by atoms with E-state index in [4.69, 9.17) is 11.6 Å². The first-order chi connectivity index (χ1) is 13.1. The number of nitrogens with zero attached hydrogens (tertiary/aromatic N) is 2. The fraction of sp³-hybridized carbons (Fsp3) is 0.619. The number of hydrogen-bond acceptors (Lipinski definition) is 4. The van der Waals surface area contributed by atoms with Crippen molar-refractivity contribution in [2.75, 3.05) is 37.7 Å². The summed E-state index contributed by atoms with van der Waals surface area (Å²) >= 11 is 8.05. The number of rotatable bonds is 3. The first kappa shape index (κ1) is 19.3. The first-order valence-corrected chi connectivity index (χ1v) is 11.6. The van der Waals surface area contributed by atoms with Gasteiger partial charge in [-0.3, -0.25) is 9.59 Å². The molecule has 0 radical (unpaired) electrons. The van der Waals surface area contributed by atoms with Gasteiger partial charge in [0.25, 0.3) is 0 Å². The molecule has 2 aliphatic heterocycles. The average molecular weight is 407 g/mol. The van der Waals surface area contributed by atoms with E-state index in [1.165, 1.54) is 19.3 Å². The number of carbonyl (C=O) groups excluding carboxylic acids is 2. The Morgan fingerprint density at radius 2 is 2.00 bits per heavy atom. The zero-order valence-electron chi connectivity index (χ0n) is 15.7. The number of hydrogen-bond donors (Lipinski definition) is 0. The van der Waals surface area contributed by atoms with Crippen molar-refractivity contribution < 1.29 is 9.59 Å². The van der Waals surface area contributed by atoms with Gasteiger partial charge in [0.2, 0.25) is 5.91 Å². The van der Waals surface area contributed by atoms with E-state index in [2.05, 4.69) is 9.80 Å². The highest BCUT2D eigenvalue weighted by atomic mass is 35.5. The van der Waals surface area contributed by atoms with Crippen LogP contribution in [0.3, 0.4) is 0 Å². The maximum atomic E-state index is 13.5. The van der Waals surface area contributed by atoms with Crippen LogP contribution in [-0.2, 0) is 4.79 Å². The molecule has 1 amide bonds. The Hall–Kier alpha value is -1.04. The fourth-order valence-corrected chi connectivity index (χ4v) is 5.85. The summed E-state index contributed by atoms with van der Waals surface area (Å²) in [6, 6.07) is 5.70. The van der Waals surface area contributed by atoms with Crippen molar-refractivity contribution in [2.45, 2.75) is 44.1 Å². The standard InChI is InChI=1S/C21H27ClN2O2S/c22-15-4-5-17-18(6-7-20(25)19(17)12-15)21(26)24-10-11-27-14-16(24)13-23-8-2-1-3-9-23/h4-5,12,16,18H,1-3,6-11,13-14H2. The molecular weight excluding hydrogens is 380 g/mol. The van der Waals surface area contributed by atoms with Crippen molar-refractivity contribution in [3.05, 3.63) is 34.3 Å². The molecule has 2 fully saturated rings. The SMILES string of the molecule is O=C1CCC(C(=O)N2CCSCC2CN2CCCCC2)c2ccc(Cl)cc21. The summed E-state index contributed by atoms with van der Waals surface area (Å²) in [5, 5.41) is 0.563. The van der Waals surface area contributed by atoms with Crippen LogP contribution in [-0.4, -0.2) is 65.2 Å². The maximum absolute atomic E-state index is 13.5. The van der Waals surface area contributed by atoms with Crippen molar-refractivity contribution in [3.8, 4) is 0 Å². The van der Waals surface area contributed by atoms with Crippen LogP contribution in [0.2, 0.25) is 5.02 Å². The summed E-state index contributed by atoms with van der Waals surface area (Å²) in [7, 11) is 0. The number of benzene rings is 1. The van der Waals surface area contributed by atoms with Crippen LogP contribution in [0, 0.1) is 0 Å². The second-order valence-corrected chi connectivity index (χ2v) is 9.45. The number of amides is 1. The van der Waals surface area contributed by atoms with Crippen LogP contribution in [0.25, 0.3) is 0 Å². The third-order valence-electron chi connectivity index (χ3n) is 6.08. The predicted molar refractivity (Wildman–Crippen MR) is 111 cm³/mol. The van der Waals surface area contributed by atoms with Crippen LogP contribution < -0.4 is 0 Å². The molecule has 0 N–H and O–H groups in total. The van der Waals surface area contributed by atoms with E-state index >= 15 is 0 Å². The summed E-state index contributed by atoms with van der Waals surface area (Å²) in [6.45, 7) is 4.11. The molecule has 1 aromatic carbocycles. The molecule has 2 saturated heterocycles. The van der Waals surface area contributed by atoms with Gasteiger partial charge in [-0.05, 0) is 50.0 Å². The van der Waals surface area contributed by atoms with Crippen molar-refractivity contribution in [3.63, 3.8) is 0 Å². The van der Waals surface area contributed by atoms with Gasteiger partial charge in [-0.1, -0.05) is 24.1 Å². The van der Waals surface area contributed by atoms with Crippen molar-refractivity contribution in [1.82, 2.24) is 9.80 Å². The lowest BCUT2D eigenvalue weighted by atomic mass is 9.81. The average Bonchev–Trinajstić information content (AvgIpc) is 2.69. The zero-order valence-corrected chi connectivity index (χ0v) is 17.2. The highest BCUT2D eigenvalue weighted by Gasteiger charge is 2.37. The molecule has 1 aliphatic carbocycles. The molecule has 0 aromatic heterocycles. The monoisotopic (exact) mass is 406 g/mol. The Morgan fingerprint density at radius 3 is 2.81 bits per heavy atom. The lowest BCUT2D eigenvalue weighted by molar-refractivity contribution is -0.135. The molecule has 0 saturated carbocycles. The van der Waals surface area contributed by atoms with Crippen LogP contribution >= 0.6 is 23.4 Å². The molecule has 27 heavy (non-hydrogen) atoms. The quantitative estimate of drug-likeness (QED) is 0.764. The lowest BCUT2D eigenvalue weighted by Gasteiger charge is -2.41. The summed E-state index contributed by atoms with van der Waals surface area (Å²) in [5.41, 5.74) is 1.52. The van der Waals surface area contributed by atoms with E-state index in [1.54, 1.807) is 12.1 Å². The molecule has 6 heteroatoms. The Labute approximate surface area is 170 Å². The minimum Gasteiger partial charge on any atom is -0.336 e. The number of piperidine rings is 1. The van der Waals surface area contributed by atoms with Gasteiger partial charge >= 0.3 is 0 Å². The van der Waals surface area contributed by atoms with Gasteiger partial charge in [0, 0.05) is 41.6 Å². The van der Waals surface area contributed by atoms with Crippen molar-refractivity contribution in [1.29, 1.82) is 0 Å². The lowest BCUT2D eigenvalue weighted by Crippen LogP contribution is -2.53. The molecule has 2 unspecified atom stereocenters. The van der Waals surface area contributed by atoms with Gasteiger partial charge < -0.3 is 9.80 Å². The maximum Gasteiger partial charge on any atom is 0.230 e. The fourth-order valence-electron chi connectivity index (χ4n) is 4.63. The number of fused-ring (bicyclic) bond motifs is 1. The zero-order chi connectivity index (χ0) is 18.8. The normalized spacial score (nSPS) is 26.7. The number of halogens is 1. The van der Waals surface area contributed by atoms with Crippen LogP contribution in [0.1, 0.15) is 53.9 Å². The highest BCUT2D eigenvalue weighted by molar-refractivity contribution is 7.99. The Morgan fingerprint density at radius 1 is 1.19 bits per heavy atom. The Bertz CT molecular complexity index is 720. The van der Waals surface area contributed by atoms with Crippen molar-refractivity contribution in [2.24, 2.45) is 0 Å². The van der Waals surface area contributed by atoms with Gasteiger partial charge in [0.1, 0.15) is 0 Å². The second-order valence-electron chi connectivity index (χ2n) is 7.87. The number of Topliss-reactive ketones (excluding diaryl/α,β-unsaturated/α-hetero) is 1. The number of ketones is 1. The van der Waals surface area contributed by atoms with Crippen LogP contribution in [0.5, 0.6) is 0 Å². The molecule has 3 aliphatic rings. The first-order valence-electron chi connectivity index (χ1n) is 10.1. The van der Waals surface area contributed by atoms with E-state index in [1.807, 2.05) is 17.8 Å². The van der Waals surface area contributed by atoms with Gasteiger partial charge in [-0.25, -0.2) is 0 Å². The highest BCUT2D eigenvalue weighted by Crippen LogP contribution is 2.35. The van der Waals surface area contributed by atoms with Gasteiger partial charge in [-0.15, -0.1) is 0 Å². The molecule has 0 spiro atoms. The summed E-state index contributed by atoms with van der Waals surface area (Å²) in [5.74, 6) is 2.12. The second kappa shape index (κ2) is 8.54. The molecule has 4 nitrogen and oxygen atoms in total. The molecule has 2 atom stereocenters. The largest absolute Gasteiger partial charge is 0.336 e. The number of carbonyl (C=O) groups is 2. The van der Waals surface area contributed by atoms with E-state index in [0.29, 0.717) is 23.4 Å². The summed E-state index contributed by atoms with van der Waals surface area (Å²) in [6.07, 6.45) is 4.92. The van der Waals surface area contributed by atoms with Gasteiger partial charge in [0.15, 0.2) is 5.78 Å². The van der Waals surface area contributed by atoms with E-state index < -0.39 is 0 Å². The third-order valence-corrected chi connectivity index (χ3v) is 7.40. The Balaban J connectivity index is 1.53. The number of likely N-dealkylation sites (tertiary alicyclic amines) is 1. The Kier molecular flexibility index (Phi) is 6.10.